The van der Waals surface area contributed by atoms with Gasteiger partial charge in [0.05, 0.1) is 21.8 Å². The van der Waals surface area contributed by atoms with Crippen molar-refractivity contribution in [1.82, 2.24) is 20.3 Å². The SMILES string of the molecule is CC(C)Cc1ncc(-c2cncc(C[C@H]3CCCNC3)n2)s1. The van der Waals surface area contributed by atoms with Gasteiger partial charge in [0.1, 0.15) is 5.69 Å². The number of aromatic nitrogens is 3. The van der Waals surface area contributed by atoms with Crippen LogP contribution < -0.4 is 5.32 Å². The summed E-state index contributed by atoms with van der Waals surface area (Å²) in [5.41, 5.74) is 2.07. The van der Waals surface area contributed by atoms with E-state index in [1.165, 1.54) is 17.8 Å². The van der Waals surface area contributed by atoms with Gasteiger partial charge in [-0.15, -0.1) is 11.3 Å². The third-order valence-corrected chi connectivity index (χ3v) is 5.01. The van der Waals surface area contributed by atoms with Crippen LogP contribution in [0, 0.1) is 11.8 Å². The molecule has 0 aromatic carbocycles. The Morgan fingerprint density at radius 1 is 1.32 bits per heavy atom. The number of nitrogens with zero attached hydrogens (tertiary/aromatic N) is 3. The molecule has 0 amide bonds. The Labute approximate surface area is 136 Å². The standard InChI is InChI=1S/C17H24N4S/c1-12(2)6-17-20-11-16(22-17)15-10-19-9-14(21-15)7-13-4-3-5-18-8-13/h9-13,18H,3-8H2,1-2H3/t13-/m1/s1. The van der Waals surface area contributed by atoms with E-state index in [9.17, 15) is 0 Å². The van der Waals surface area contributed by atoms with Gasteiger partial charge in [0.2, 0.25) is 0 Å². The highest BCUT2D eigenvalue weighted by atomic mass is 32.1. The van der Waals surface area contributed by atoms with E-state index in [2.05, 4.69) is 29.1 Å². The highest BCUT2D eigenvalue weighted by Crippen LogP contribution is 2.26. The van der Waals surface area contributed by atoms with E-state index in [1.807, 2.05) is 18.6 Å². The summed E-state index contributed by atoms with van der Waals surface area (Å²) in [6, 6.07) is 0. The van der Waals surface area contributed by atoms with Crippen molar-refractivity contribution in [3.8, 4) is 10.6 Å². The van der Waals surface area contributed by atoms with Gasteiger partial charge in [0.15, 0.2) is 0 Å². The van der Waals surface area contributed by atoms with Gasteiger partial charge in [-0.05, 0) is 44.2 Å². The summed E-state index contributed by atoms with van der Waals surface area (Å²) >= 11 is 1.74. The van der Waals surface area contributed by atoms with Crippen LogP contribution in [0.15, 0.2) is 18.6 Å². The Kier molecular flexibility index (Phi) is 5.16. The quantitative estimate of drug-likeness (QED) is 0.919. The van der Waals surface area contributed by atoms with Gasteiger partial charge in [-0.3, -0.25) is 4.98 Å². The fourth-order valence-electron chi connectivity index (χ4n) is 2.89. The molecule has 3 rings (SSSR count). The lowest BCUT2D eigenvalue weighted by atomic mass is 9.95. The number of piperidine rings is 1. The molecular formula is C17H24N4S. The minimum atomic E-state index is 0.634. The maximum absolute atomic E-state index is 4.81. The van der Waals surface area contributed by atoms with Gasteiger partial charge in [0, 0.05) is 18.8 Å². The molecule has 1 aliphatic rings. The van der Waals surface area contributed by atoms with Crippen LogP contribution in [-0.2, 0) is 12.8 Å². The molecule has 1 N–H and O–H groups in total. The first-order valence-electron chi connectivity index (χ1n) is 8.17. The lowest BCUT2D eigenvalue weighted by Crippen LogP contribution is -2.31. The normalized spacial score (nSPS) is 18.8. The van der Waals surface area contributed by atoms with Crippen LogP contribution in [0.2, 0.25) is 0 Å². The van der Waals surface area contributed by atoms with Crippen molar-refractivity contribution >= 4 is 11.3 Å². The fraction of sp³-hybridized carbons (Fsp3) is 0.588. The van der Waals surface area contributed by atoms with Crippen molar-refractivity contribution in [1.29, 1.82) is 0 Å². The molecule has 5 heteroatoms. The molecule has 2 aromatic heterocycles. The molecule has 0 aliphatic carbocycles. The van der Waals surface area contributed by atoms with Crippen molar-refractivity contribution in [2.75, 3.05) is 13.1 Å². The smallest absolute Gasteiger partial charge is 0.100 e. The third kappa shape index (κ3) is 4.11. The Balaban J connectivity index is 1.71. The topological polar surface area (TPSA) is 50.7 Å². The van der Waals surface area contributed by atoms with Crippen molar-refractivity contribution < 1.29 is 0 Å². The van der Waals surface area contributed by atoms with Gasteiger partial charge in [0.25, 0.3) is 0 Å². The molecule has 1 fully saturated rings. The second-order valence-electron chi connectivity index (χ2n) is 6.53. The van der Waals surface area contributed by atoms with Gasteiger partial charge in [-0.1, -0.05) is 13.8 Å². The third-order valence-electron chi connectivity index (χ3n) is 3.97. The summed E-state index contributed by atoms with van der Waals surface area (Å²) in [4.78, 5) is 14.9. The zero-order chi connectivity index (χ0) is 15.4. The molecule has 1 aliphatic heterocycles. The molecule has 1 saturated heterocycles. The second kappa shape index (κ2) is 7.29. The molecule has 2 aromatic rings. The Morgan fingerprint density at radius 3 is 3.00 bits per heavy atom. The Morgan fingerprint density at radius 2 is 2.23 bits per heavy atom. The van der Waals surface area contributed by atoms with Gasteiger partial charge in [-0.2, -0.15) is 0 Å². The van der Waals surface area contributed by atoms with Gasteiger partial charge in [-0.25, -0.2) is 9.97 Å². The highest BCUT2D eigenvalue weighted by molar-refractivity contribution is 7.15. The summed E-state index contributed by atoms with van der Waals surface area (Å²) in [5, 5.41) is 4.66. The maximum Gasteiger partial charge on any atom is 0.100 e. The van der Waals surface area contributed by atoms with Crippen LogP contribution in [0.4, 0.5) is 0 Å². The van der Waals surface area contributed by atoms with E-state index in [4.69, 9.17) is 4.98 Å². The number of hydrogen-bond acceptors (Lipinski definition) is 5. The first-order chi connectivity index (χ1) is 10.7. The minimum absolute atomic E-state index is 0.634. The van der Waals surface area contributed by atoms with Crippen molar-refractivity contribution in [3.63, 3.8) is 0 Å². The first kappa shape index (κ1) is 15.6. The van der Waals surface area contributed by atoms with Crippen molar-refractivity contribution in [3.05, 3.63) is 29.3 Å². The zero-order valence-electron chi connectivity index (χ0n) is 13.4. The lowest BCUT2D eigenvalue weighted by Gasteiger charge is -2.22. The minimum Gasteiger partial charge on any atom is -0.316 e. The van der Waals surface area contributed by atoms with E-state index in [1.54, 1.807) is 11.3 Å². The summed E-state index contributed by atoms with van der Waals surface area (Å²) in [5.74, 6) is 1.33. The molecule has 0 unspecified atom stereocenters. The lowest BCUT2D eigenvalue weighted by molar-refractivity contribution is 0.373. The molecular weight excluding hydrogens is 292 g/mol. The molecule has 0 spiro atoms. The monoisotopic (exact) mass is 316 g/mol. The fourth-order valence-corrected chi connectivity index (χ4v) is 3.97. The number of nitrogens with one attached hydrogen (secondary N) is 1. The Hall–Kier alpha value is -1.33. The van der Waals surface area contributed by atoms with Crippen LogP contribution in [0.3, 0.4) is 0 Å². The van der Waals surface area contributed by atoms with E-state index in [-0.39, 0.29) is 0 Å². The number of hydrogen-bond donors (Lipinski definition) is 1. The summed E-state index contributed by atoms with van der Waals surface area (Å²) in [7, 11) is 0. The molecule has 22 heavy (non-hydrogen) atoms. The number of thiazole rings is 1. The summed E-state index contributed by atoms with van der Waals surface area (Å²) in [6.07, 6.45) is 10.3. The predicted octanol–water partition coefficient (Wildman–Crippen LogP) is 3.34. The molecule has 3 heterocycles. The Bertz CT molecular complexity index is 602. The van der Waals surface area contributed by atoms with Crippen molar-refractivity contribution in [2.45, 2.75) is 39.5 Å². The van der Waals surface area contributed by atoms with E-state index >= 15 is 0 Å². The van der Waals surface area contributed by atoms with Crippen LogP contribution in [0.25, 0.3) is 10.6 Å². The van der Waals surface area contributed by atoms with Gasteiger partial charge >= 0.3 is 0 Å². The molecule has 0 bridgehead atoms. The number of rotatable bonds is 5. The van der Waals surface area contributed by atoms with Crippen LogP contribution in [-0.4, -0.2) is 28.0 Å². The van der Waals surface area contributed by atoms with E-state index in [0.29, 0.717) is 11.8 Å². The highest BCUT2D eigenvalue weighted by Gasteiger charge is 2.15. The van der Waals surface area contributed by atoms with Crippen molar-refractivity contribution in [2.24, 2.45) is 11.8 Å². The molecule has 118 valence electrons. The first-order valence-corrected chi connectivity index (χ1v) is 8.99. The largest absolute Gasteiger partial charge is 0.316 e. The van der Waals surface area contributed by atoms with Crippen LogP contribution in [0.5, 0.6) is 0 Å². The molecule has 4 nitrogen and oxygen atoms in total. The second-order valence-corrected chi connectivity index (χ2v) is 7.64. The average Bonchev–Trinajstić information content (AvgIpc) is 2.96. The molecule has 1 atom stereocenters. The average molecular weight is 316 g/mol. The van der Waals surface area contributed by atoms with Crippen LogP contribution in [0.1, 0.15) is 37.4 Å². The molecule has 0 radical (unpaired) electrons. The summed E-state index contributed by atoms with van der Waals surface area (Å²) < 4.78 is 0. The maximum atomic E-state index is 4.81. The summed E-state index contributed by atoms with van der Waals surface area (Å²) in [6.45, 7) is 6.70. The van der Waals surface area contributed by atoms with E-state index < -0.39 is 0 Å². The van der Waals surface area contributed by atoms with Crippen LogP contribution >= 0.6 is 11.3 Å². The molecule has 0 saturated carbocycles. The van der Waals surface area contributed by atoms with Gasteiger partial charge < -0.3 is 5.32 Å². The predicted molar refractivity (Wildman–Crippen MR) is 91.0 cm³/mol. The zero-order valence-corrected chi connectivity index (χ0v) is 14.2. The van der Waals surface area contributed by atoms with E-state index in [0.717, 1.165) is 42.2 Å².